The summed E-state index contributed by atoms with van der Waals surface area (Å²) in [5.41, 5.74) is 0.628. The second kappa shape index (κ2) is 7.29. The second-order valence-electron chi connectivity index (χ2n) is 2.35. The third-order valence-corrected chi connectivity index (χ3v) is 2.30. The minimum Gasteiger partial charge on any atom is -0.289 e. The van der Waals surface area contributed by atoms with Crippen molar-refractivity contribution in [2.75, 3.05) is 6.54 Å². The molecule has 0 aromatic carbocycles. The van der Waals surface area contributed by atoms with Gasteiger partial charge in [-0.1, -0.05) is 31.4 Å². The molecule has 0 saturated heterocycles. The van der Waals surface area contributed by atoms with Gasteiger partial charge in [0.2, 0.25) is 0 Å². The van der Waals surface area contributed by atoms with E-state index in [0.29, 0.717) is 12.2 Å². The van der Waals surface area contributed by atoms with Crippen LogP contribution in [0.1, 0.15) is 6.92 Å². The highest BCUT2D eigenvalue weighted by Crippen LogP contribution is 2.08. The summed E-state index contributed by atoms with van der Waals surface area (Å²) in [5, 5.41) is 0. The Kier molecular flexibility index (Phi) is 6.70. The molecule has 0 aliphatic carbocycles. The summed E-state index contributed by atoms with van der Waals surface area (Å²) in [6.45, 7) is 9.31. The van der Waals surface area contributed by atoms with Crippen LogP contribution in [0.5, 0.6) is 0 Å². The second-order valence-corrected chi connectivity index (χ2v) is 3.25. The molecule has 0 saturated carbocycles. The van der Waals surface area contributed by atoms with Gasteiger partial charge in [0, 0.05) is 6.54 Å². The lowest BCUT2D eigenvalue weighted by molar-refractivity contribution is 0.472. The molecule has 1 unspecified atom stereocenters. The SMILES string of the molecule is C=C/C=C\C(=C/C=C)N(CC)S(=O)O. The molecule has 78 valence electrons. The van der Waals surface area contributed by atoms with Crippen LogP contribution in [0.15, 0.2) is 49.2 Å². The number of rotatable bonds is 6. The van der Waals surface area contributed by atoms with Gasteiger partial charge in [-0.3, -0.25) is 8.86 Å². The summed E-state index contributed by atoms with van der Waals surface area (Å²) in [6, 6.07) is 0. The molecule has 1 atom stereocenters. The summed E-state index contributed by atoms with van der Waals surface area (Å²) >= 11 is -2.01. The Labute approximate surface area is 87.5 Å². The summed E-state index contributed by atoms with van der Waals surface area (Å²) in [7, 11) is 0. The third-order valence-electron chi connectivity index (χ3n) is 1.46. The Hall–Kier alpha value is -1.13. The summed E-state index contributed by atoms with van der Waals surface area (Å²) in [5.74, 6) is 0. The van der Waals surface area contributed by atoms with Crippen LogP contribution < -0.4 is 0 Å². The largest absolute Gasteiger partial charge is 0.289 e. The average Bonchev–Trinajstić information content (AvgIpc) is 2.14. The van der Waals surface area contributed by atoms with Crippen LogP contribution in [-0.2, 0) is 11.3 Å². The maximum Gasteiger partial charge on any atom is 0.261 e. The number of hydrogen-bond acceptors (Lipinski definition) is 1. The first-order chi connectivity index (χ1) is 6.67. The van der Waals surface area contributed by atoms with Gasteiger partial charge in [0.25, 0.3) is 11.3 Å². The predicted molar refractivity (Wildman–Crippen MR) is 60.8 cm³/mol. The van der Waals surface area contributed by atoms with Gasteiger partial charge in [0.05, 0.1) is 5.70 Å². The predicted octanol–water partition coefficient (Wildman–Crippen LogP) is 2.26. The Balaban J connectivity index is 4.87. The number of nitrogens with zero attached hydrogens (tertiary/aromatic N) is 1. The van der Waals surface area contributed by atoms with E-state index in [1.807, 2.05) is 0 Å². The van der Waals surface area contributed by atoms with Crippen molar-refractivity contribution >= 4 is 11.3 Å². The van der Waals surface area contributed by atoms with Crippen molar-refractivity contribution in [2.24, 2.45) is 0 Å². The molecule has 14 heavy (non-hydrogen) atoms. The first-order valence-electron chi connectivity index (χ1n) is 4.17. The smallest absolute Gasteiger partial charge is 0.261 e. The van der Waals surface area contributed by atoms with E-state index in [-0.39, 0.29) is 0 Å². The van der Waals surface area contributed by atoms with Crippen LogP contribution in [0.2, 0.25) is 0 Å². The van der Waals surface area contributed by atoms with Crippen molar-refractivity contribution in [1.29, 1.82) is 0 Å². The fraction of sp³-hybridized carbons (Fsp3) is 0.200. The van der Waals surface area contributed by atoms with Gasteiger partial charge in [-0.05, 0) is 19.1 Å². The van der Waals surface area contributed by atoms with E-state index >= 15 is 0 Å². The van der Waals surface area contributed by atoms with Gasteiger partial charge < -0.3 is 0 Å². The Morgan fingerprint density at radius 2 is 2.14 bits per heavy atom. The van der Waals surface area contributed by atoms with Crippen LogP contribution in [0.4, 0.5) is 0 Å². The maximum absolute atomic E-state index is 10.9. The quantitative estimate of drug-likeness (QED) is 0.543. The molecule has 0 aromatic rings. The van der Waals surface area contributed by atoms with Gasteiger partial charge in [0.1, 0.15) is 0 Å². The number of likely N-dealkylation sites (N-methyl/N-ethyl adjacent to an activating group) is 1. The third kappa shape index (κ3) is 4.20. The Morgan fingerprint density at radius 1 is 1.50 bits per heavy atom. The van der Waals surface area contributed by atoms with E-state index in [9.17, 15) is 4.21 Å². The van der Waals surface area contributed by atoms with Crippen molar-refractivity contribution in [2.45, 2.75) is 6.92 Å². The first-order valence-corrected chi connectivity index (χ1v) is 5.24. The molecule has 0 bridgehead atoms. The fourth-order valence-corrected chi connectivity index (χ4v) is 1.42. The van der Waals surface area contributed by atoms with Gasteiger partial charge in [-0.15, -0.1) is 0 Å². The zero-order valence-electron chi connectivity index (χ0n) is 8.22. The summed E-state index contributed by atoms with van der Waals surface area (Å²) < 4.78 is 21.2. The average molecular weight is 213 g/mol. The molecule has 0 aromatic heterocycles. The monoisotopic (exact) mass is 213 g/mol. The van der Waals surface area contributed by atoms with Crippen molar-refractivity contribution < 1.29 is 8.76 Å². The van der Waals surface area contributed by atoms with E-state index in [0.717, 1.165) is 0 Å². The van der Waals surface area contributed by atoms with E-state index in [1.54, 1.807) is 37.3 Å². The van der Waals surface area contributed by atoms with Crippen molar-refractivity contribution in [3.05, 3.63) is 49.2 Å². The number of hydrogen-bond donors (Lipinski definition) is 1. The van der Waals surface area contributed by atoms with Crippen molar-refractivity contribution in [3.63, 3.8) is 0 Å². The topological polar surface area (TPSA) is 40.5 Å². The van der Waals surface area contributed by atoms with E-state index < -0.39 is 11.3 Å². The fourth-order valence-electron chi connectivity index (χ4n) is 0.892. The van der Waals surface area contributed by atoms with E-state index in [2.05, 4.69) is 13.2 Å². The standard InChI is InChI=1S/C10H15NO2S/c1-4-7-9-10(8-5-2)11(6-3)14(12)13/h4-5,7-9H,1-2,6H2,3H3,(H,12,13)/b9-7-,10-8+. The van der Waals surface area contributed by atoms with E-state index in [1.165, 1.54) is 4.31 Å². The zero-order chi connectivity index (χ0) is 11.0. The van der Waals surface area contributed by atoms with Crippen LogP contribution in [0, 0.1) is 0 Å². The van der Waals surface area contributed by atoms with Gasteiger partial charge in [-0.25, -0.2) is 4.21 Å². The van der Waals surface area contributed by atoms with Crippen LogP contribution >= 0.6 is 0 Å². The van der Waals surface area contributed by atoms with Crippen LogP contribution in [-0.4, -0.2) is 19.6 Å². The minimum absolute atomic E-state index is 0.449. The van der Waals surface area contributed by atoms with Crippen LogP contribution in [0.3, 0.4) is 0 Å². The molecule has 0 fully saturated rings. The minimum atomic E-state index is -2.01. The molecule has 0 heterocycles. The van der Waals surface area contributed by atoms with Crippen LogP contribution in [0.25, 0.3) is 0 Å². The van der Waals surface area contributed by atoms with Gasteiger partial charge in [-0.2, -0.15) is 0 Å². The Morgan fingerprint density at radius 3 is 2.50 bits per heavy atom. The summed E-state index contributed by atoms with van der Waals surface area (Å²) in [6.07, 6.45) is 8.23. The molecule has 4 heteroatoms. The number of allylic oxidation sites excluding steroid dienone is 5. The molecule has 3 nitrogen and oxygen atoms in total. The van der Waals surface area contributed by atoms with E-state index in [4.69, 9.17) is 4.55 Å². The first kappa shape index (κ1) is 12.9. The molecule has 0 radical (unpaired) electrons. The lowest BCUT2D eigenvalue weighted by Crippen LogP contribution is -2.23. The lowest BCUT2D eigenvalue weighted by atomic mass is 10.3. The molecule has 0 aliphatic rings. The summed E-state index contributed by atoms with van der Waals surface area (Å²) in [4.78, 5) is 0. The van der Waals surface area contributed by atoms with Gasteiger partial charge >= 0.3 is 0 Å². The molecule has 0 rings (SSSR count). The maximum atomic E-state index is 10.9. The normalized spacial score (nSPS) is 14.0. The highest BCUT2D eigenvalue weighted by molar-refractivity contribution is 7.76. The lowest BCUT2D eigenvalue weighted by Gasteiger charge is -2.18. The molecule has 1 N–H and O–H groups in total. The van der Waals surface area contributed by atoms with Gasteiger partial charge in [0.15, 0.2) is 0 Å². The highest BCUT2D eigenvalue weighted by atomic mass is 32.2. The van der Waals surface area contributed by atoms with Crippen molar-refractivity contribution in [1.82, 2.24) is 4.31 Å². The highest BCUT2D eigenvalue weighted by Gasteiger charge is 2.08. The molecular formula is C10H15NO2S. The Bertz CT molecular complexity index is 282. The van der Waals surface area contributed by atoms with Crippen molar-refractivity contribution in [3.8, 4) is 0 Å². The zero-order valence-corrected chi connectivity index (χ0v) is 9.04. The molecule has 0 aliphatic heterocycles. The molecule has 0 amide bonds. The molecular weight excluding hydrogens is 198 g/mol. The molecule has 0 spiro atoms.